The number of carbonyl (C=O) groups excluding carboxylic acids is 1. The summed E-state index contributed by atoms with van der Waals surface area (Å²) in [5.74, 6) is 1.98. The van der Waals surface area contributed by atoms with Gasteiger partial charge >= 0.3 is 0 Å². The van der Waals surface area contributed by atoms with Crippen LogP contribution in [-0.4, -0.2) is 29.0 Å². The molecule has 0 radical (unpaired) electrons. The van der Waals surface area contributed by atoms with Crippen molar-refractivity contribution in [3.8, 4) is 5.75 Å². The molecule has 32 heavy (non-hydrogen) atoms. The minimum Gasteiger partial charge on any atom is -0.489 e. The number of hydrogen-bond donors (Lipinski definition) is 1. The van der Waals surface area contributed by atoms with E-state index < -0.39 is 0 Å². The summed E-state index contributed by atoms with van der Waals surface area (Å²) in [5, 5.41) is 2.90. The summed E-state index contributed by atoms with van der Waals surface area (Å²) in [6.45, 7) is 4.14. The van der Waals surface area contributed by atoms with Gasteiger partial charge in [0.05, 0.1) is 5.69 Å². The van der Waals surface area contributed by atoms with Gasteiger partial charge in [-0.3, -0.25) is 4.79 Å². The standard InChI is InChI=1S/C24H25FN4O2.CH4/c1-15-22-23(29(3)16(2)24(30)28-22)27-21(26-15)13-8-17-6-11-20(12-7-17)31-14-18-4-9-19(25)10-5-18;/h4-7,9-12,16H,8,13-14H2,1-3H3,(H,28,30);1H4/t16-;/m0./s1. The van der Waals surface area contributed by atoms with E-state index in [-0.39, 0.29) is 25.2 Å². The maximum absolute atomic E-state index is 13.0. The van der Waals surface area contributed by atoms with Crippen LogP contribution < -0.4 is 15.0 Å². The van der Waals surface area contributed by atoms with Crippen LogP contribution in [0.2, 0.25) is 0 Å². The highest BCUT2D eigenvalue weighted by Gasteiger charge is 2.30. The molecule has 168 valence electrons. The van der Waals surface area contributed by atoms with Gasteiger partial charge in [0.25, 0.3) is 0 Å². The van der Waals surface area contributed by atoms with Crippen LogP contribution in [0.15, 0.2) is 48.5 Å². The fourth-order valence-corrected chi connectivity index (χ4v) is 3.47. The van der Waals surface area contributed by atoms with Crippen LogP contribution in [0, 0.1) is 12.7 Å². The Bertz CT molecular complexity index is 1080. The summed E-state index contributed by atoms with van der Waals surface area (Å²) in [7, 11) is 1.88. The monoisotopic (exact) mass is 436 g/mol. The lowest BCUT2D eigenvalue weighted by Gasteiger charge is -2.32. The molecule has 1 amide bonds. The first-order valence-electron chi connectivity index (χ1n) is 10.3. The molecule has 1 N–H and O–H groups in total. The molecule has 0 fully saturated rings. The number of nitrogens with zero attached hydrogens (tertiary/aromatic N) is 3. The van der Waals surface area contributed by atoms with E-state index in [1.807, 2.05) is 50.1 Å². The summed E-state index contributed by atoms with van der Waals surface area (Å²) in [6.07, 6.45) is 1.49. The SMILES string of the molecule is C.Cc1nc(CCc2ccc(OCc3ccc(F)cc3)cc2)nc2c1NC(=O)[C@H](C)N2C. The lowest BCUT2D eigenvalue weighted by Crippen LogP contribution is -2.45. The molecular weight excluding hydrogens is 407 g/mol. The largest absolute Gasteiger partial charge is 0.489 e. The highest BCUT2D eigenvalue weighted by molar-refractivity contribution is 6.02. The van der Waals surface area contributed by atoms with E-state index in [0.29, 0.717) is 18.7 Å². The number of anilines is 2. The van der Waals surface area contributed by atoms with E-state index in [2.05, 4.69) is 10.3 Å². The summed E-state index contributed by atoms with van der Waals surface area (Å²) in [5.41, 5.74) is 3.54. The predicted molar refractivity (Wildman–Crippen MR) is 125 cm³/mol. The molecule has 6 nitrogen and oxygen atoms in total. The fourth-order valence-electron chi connectivity index (χ4n) is 3.47. The van der Waals surface area contributed by atoms with Gasteiger partial charge in [0.1, 0.15) is 35.7 Å². The Balaban J connectivity index is 0.00000289. The van der Waals surface area contributed by atoms with Crippen molar-refractivity contribution in [3.63, 3.8) is 0 Å². The Morgan fingerprint density at radius 2 is 1.69 bits per heavy atom. The van der Waals surface area contributed by atoms with Gasteiger partial charge in [0.15, 0.2) is 5.82 Å². The molecule has 1 aliphatic rings. The number of hydrogen-bond acceptors (Lipinski definition) is 5. The number of rotatable bonds is 6. The van der Waals surface area contributed by atoms with Crippen LogP contribution in [0.3, 0.4) is 0 Å². The fraction of sp³-hybridized carbons (Fsp3) is 0.320. The lowest BCUT2D eigenvalue weighted by molar-refractivity contribution is -0.117. The van der Waals surface area contributed by atoms with E-state index >= 15 is 0 Å². The number of aryl methyl sites for hydroxylation is 3. The molecule has 0 unspecified atom stereocenters. The normalized spacial score (nSPS) is 14.9. The van der Waals surface area contributed by atoms with E-state index in [1.165, 1.54) is 12.1 Å². The van der Waals surface area contributed by atoms with Crippen molar-refractivity contribution >= 4 is 17.4 Å². The molecule has 0 saturated heterocycles. The van der Waals surface area contributed by atoms with E-state index in [0.717, 1.165) is 40.6 Å². The topological polar surface area (TPSA) is 67.4 Å². The van der Waals surface area contributed by atoms with Gasteiger partial charge in [-0.2, -0.15) is 0 Å². The second kappa shape index (κ2) is 9.77. The average molecular weight is 437 g/mol. The van der Waals surface area contributed by atoms with Crippen LogP contribution in [-0.2, 0) is 24.2 Å². The first kappa shape index (κ1) is 23.2. The number of halogens is 1. The first-order valence-corrected chi connectivity index (χ1v) is 10.3. The highest BCUT2D eigenvalue weighted by atomic mass is 19.1. The average Bonchev–Trinajstić information content (AvgIpc) is 2.77. The number of aromatic nitrogens is 2. The summed E-state index contributed by atoms with van der Waals surface area (Å²) in [6, 6.07) is 13.9. The minimum absolute atomic E-state index is 0. The van der Waals surface area contributed by atoms with Crippen LogP contribution >= 0.6 is 0 Å². The van der Waals surface area contributed by atoms with E-state index in [4.69, 9.17) is 9.72 Å². The molecular formula is C25H29FN4O2. The summed E-state index contributed by atoms with van der Waals surface area (Å²) >= 11 is 0. The minimum atomic E-state index is -0.267. The van der Waals surface area contributed by atoms with E-state index in [1.54, 1.807) is 12.1 Å². The Hall–Kier alpha value is -3.48. The maximum atomic E-state index is 13.0. The number of likely N-dealkylation sites (N-methyl/N-ethyl adjacent to an activating group) is 1. The molecule has 0 spiro atoms. The second-order valence-corrected chi connectivity index (χ2v) is 7.76. The lowest BCUT2D eigenvalue weighted by atomic mass is 10.1. The van der Waals surface area contributed by atoms with Crippen molar-refractivity contribution in [2.24, 2.45) is 0 Å². The molecule has 2 aromatic carbocycles. The molecule has 4 rings (SSSR count). The van der Waals surface area contributed by atoms with Crippen LogP contribution in [0.5, 0.6) is 5.75 Å². The first-order chi connectivity index (χ1) is 14.9. The Kier molecular flexibility index (Phi) is 7.08. The third-order valence-electron chi connectivity index (χ3n) is 5.54. The van der Waals surface area contributed by atoms with E-state index in [9.17, 15) is 9.18 Å². The Morgan fingerprint density at radius 1 is 1.03 bits per heavy atom. The summed E-state index contributed by atoms with van der Waals surface area (Å²) in [4.78, 5) is 23.2. The quantitative estimate of drug-likeness (QED) is 0.607. The highest BCUT2D eigenvalue weighted by Crippen LogP contribution is 2.31. The van der Waals surface area contributed by atoms with Crippen molar-refractivity contribution in [1.82, 2.24) is 9.97 Å². The van der Waals surface area contributed by atoms with Crippen molar-refractivity contribution in [1.29, 1.82) is 0 Å². The van der Waals surface area contributed by atoms with Crippen molar-refractivity contribution < 1.29 is 13.9 Å². The zero-order chi connectivity index (χ0) is 22.0. The Morgan fingerprint density at radius 3 is 2.38 bits per heavy atom. The van der Waals surface area contributed by atoms with Crippen LogP contribution in [0.4, 0.5) is 15.9 Å². The van der Waals surface area contributed by atoms with Gasteiger partial charge in [0.2, 0.25) is 5.91 Å². The van der Waals surface area contributed by atoms with Crippen molar-refractivity contribution in [3.05, 3.63) is 77.0 Å². The molecule has 0 saturated carbocycles. The van der Waals surface area contributed by atoms with Gasteiger partial charge in [-0.15, -0.1) is 0 Å². The van der Waals surface area contributed by atoms with Gasteiger partial charge in [-0.05, 0) is 55.7 Å². The van der Waals surface area contributed by atoms with Gasteiger partial charge < -0.3 is 15.0 Å². The Labute approximate surface area is 188 Å². The molecule has 7 heteroatoms. The third kappa shape index (κ3) is 5.04. The zero-order valence-corrected chi connectivity index (χ0v) is 17.9. The second-order valence-electron chi connectivity index (χ2n) is 7.76. The van der Waals surface area contributed by atoms with Crippen molar-refractivity contribution in [2.45, 2.75) is 46.8 Å². The number of carbonyl (C=O) groups is 1. The number of nitrogens with one attached hydrogen (secondary N) is 1. The number of fused-ring (bicyclic) bond motifs is 1. The number of ether oxygens (including phenoxy) is 1. The molecule has 1 aliphatic heterocycles. The smallest absolute Gasteiger partial charge is 0.246 e. The maximum Gasteiger partial charge on any atom is 0.246 e. The summed E-state index contributed by atoms with van der Waals surface area (Å²) < 4.78 is 18.7. The molecule has 0 bridgehead atoms. The molecule has 3 aromatic rings. The zero-order valence-electron chi connectivity index (χ0n) is 17.9. The number of amides is 1. The van der Waals surface area contributed by atoms with Crippen LogP contribution in [0.25, 0.3) is 0 Å². The third-order valence-corrected chi connectivity index (χ3v) is 5.54. The molecule has 2 heterocycles. The van der Waals surface area contributed by atoms with Crippen LogP contribution in [0.1, 0.15) is 37.0 Å². The van der Waals surface area contributed by atoms with Gasteiger partial charge in [-0.1, -0.05) is 31.7 Å². The van der Waals surface area contributed by atoms with Crippen molar-refractivity contribution in [2.75, 3.05) is 17.3 Å². The van der Waals surface area contributed by atoms with Gasteiger partial charge in [-0.25, -0.2) is 14.4 Å². The molecule has 1 aromatic heterocycles. The molecule has 0 aliphatic carbocycles. The molecule has 1 atom stereocenters. The number of benzene rings is 2. The van der Waals surface area contributed by atoms with Gasteiger partial charge in [0, 0.05) is 13.5 Å². The predicted octanol–water partition coefficient (Wildman–Crippen LogP) is 4.70.